The van der Waals surface area contributed by atoms with Crippen molar-refractivity contribution in [2.24, 2.45) is 0 Å². The van der Waals surface area contributed by atoms with E-state index in [-0.39, 0.29) is 5.91 Å². The maximum absolute atomic E-state index is 12.1. The predicted molar refractivity (Wildman–Crippen MR) is 99.9 cm³/mol. The van der Waals surface area contributed by atoms with E-state index >= 15 is 0 Å². The molecule has 3 aromatic rings. The van der Waals surface area contributed by atoms with E-state index in [4.69, 9.17) is 4.74 Å². The third-order valence-corrected chi connectivity index (χ3v) is 4.41. The van der Waals surface area contributed by atoms with Crippen LogP contribution in [0, 0.1) is 0 Å². The van der Waals surface area contributed by atoms with Gasteiger partial charge < -0.3 is 10.1 Å². The molecule has 1 aromatic carbocycles. The number of thiazole rings is 1. The summed E-state index contributed by atoms with van der Waals surface area (Å²) in [7, 11) is 0. The average Bonchev–Trinajstić information content (AvgIpc) is 3.12. The number of anilines is 1. The quantitative estimate of drug-likeness (QED) is 0.692. The van der Waals surface area contributed by atoms with Gasteiger partial charge in [-0.15, -0.1) is 11.3 Å². The Balaban J connectivity index is 1.51. The van der Waals surface area contributed by atoms with Gasteiger partial charge in [-0.05, 0) is 49.7 Å². The molecule has 0 aliphatic carbocycles. The summed E-state index contributed by atoms with van der Waals surface area (Å²) in [6.45, 7) is 2.56. The van der Waals surface area contributed by atoms with Gasteiger partial charge in [0, 0.05) is 23.7 Å². The molecule has 1 N–H and O–H groups in total. The van der Waals surface area contributed by atoms with E-state index in [0.717, 1.165) is 27.8 Å². The molecule has 2 aromatic heterocycles. The highest BCUT2D eigenvalue weighted by atomic mass is 32.1. The zero-order valence-corrected chi connectivity index (χ0v) is 14.8. The fourth-order valence-corrected chi connectivity index (χ4v) is 3.12. The van der Waals surface area contributed by atoms with Crippen molar-refractivity contribution in [2.45, 2.75) is 19.8 Å². The van der Waals surface area contributed by atoms with Crippen molar-refractivity contribution < 1.29 is 9.53 Å². The first-order valence-electron chi connectivity index (χ1n) is 8.13. The molecule has 0 saturated heterocycles. The number of pyridine rings is 1. The van der Waals surface area contributed by atoms with E-state index < -0.39 is 0 Å². The Kier molecular flexibility index (Phi) is 5.74. The fraction of sp³-hybridized carbons (Fsp3) is 0.211. The number of carbonyl (C=O) groups excluding carboxylic acids is 1. The Labute approximate surface area is 150 Å². The largest absolute Gasteiger partial charge is 0.494 e. The number of aromatic nitrogens is 2. The summed E-state index contributed by atoms with van der Waals surface area (Å²) in [4.78, 5) is 20.9. The minimum atomic E-state index is -0.0310. The standard InChI is InChI=1S/C19H19N3O2S/c1-2-24-16-9-6-14(7-10-16)21-18(23)11-8-15-13-25-19(22-15)17-5-3-4-12-20-17/h3-7,9-10,12-13H,2,8,11H2,1H3,(H,21,23). The molecule has 0 fully saturated rings. The van der Waals surface area contributed by atoms with Crippen molar-refractivity contribution in [3.05, 3.63) is 59.7 Å². The van der Waals surface area contributed by atoms with Crippen LogP contribution in [-0.4, -0.2) is 22.5 Å². The van der Waals surface area contributed by atoms with Gasteiger partial charge in [-0.25, -0.2) is 4.98 Å². The monoisotopic (exact) mass is 353 g/mol. The number of aryl methyl sites for hydroxylation is 1. The number of ether oxygens (including phenoxy) is 1. The second kappa shape index (κ2) is 8.39. The lowest BCUT2D eigenvalue weighted by atomic mass is 10.2. The van der Waals surface area contributed by atoms with Crippen molar-refractivity contribution in [2.75, 3.05) is 11.9 Å². The number of hydrogen-bond donors (Lipinski definition) is 1. The van der Waals surface area contributed by atoms with Crippen molar-refractivity contribution in [3.8, 4) is 16.5 Å². The molecule has 0 radical (unpaired) electrons. The SMILES string of the molecule is CCOc1ccc(NC(=O)CCc2csc(-c3ccccn3)n2)cc1. The average molecular weight is 353 g/mol. The lowest BCUT2D eigenvalue weighted by Gasteiger charge is -2.06. The number of rotatable bonds is 7. The summed E-state index contributed by atoms with van der Waals surface area (Å²) in [5.41, 5.74) is 2.53. The molecule has 1 amide bonds. The van der Waals surface area contributed by atoms with Crippen LogP contribution in [0.4, 0.5) is 5.69 Å². The molecule has 0 saturated carbocycles. The number of hydrogen-bond acceptors (Lipinski definition) is 5. The topological polar surface area (TPSA) is 64.1 Å². The smallest absolute Gasteiger partial charge is 0.224 e. The summed E-state index contributed by atoms with van der Waals surface area (Å²) in [5.74, 6) is 0.765. The van der Waals surface area contributed by atoms with Crippen LogP contribution in [0.15, 0.2) is 54.0 Å². The Morgan fingerprint density at radius 2 is 2.04 bits per heavy atom. The summed E-state index contributed by atoms with van der Waals surface area (Å²) in [6, 6.07) is 13.1. The highest BCUT2D eigenvalue weighted by Crippen LogP contribution is 2.22. The van der Waals surface area contributed by atoms with Gasteiger partial charge in [0.25, 0.3) is 0 Å². The minimum Gasteiger partial charge on any atom is -0.494 e. The molecule has 0 unspecified atom stereocenters. The van der Waals surface area contributed by atoms with Gasteiger partial charge in [0.2, 0.25) is 5.91 Å². The molecule has 3 rings (SSSR count). The molecule has 25 heavy (non-hydrogen) atoms. The molecule has 0 bridgehead atoms. The molecular weight excluding hydrogens is 334 g/mol. The summed E-state index contributed by atoms with van der Waals surface area (Å²) in [6.07, 6.45) is 2.74. The molecule has 0 aliphatic heterocycles. The van der Waals surface area contributed by atoms with Gasteiger partial charge in [0.05, 0.1) is 18.0 Å². The van der Waals surface area contributed by atoms with E-state index in [1.54, 1.807) is 17.5 Å². The molecule has 128 valence electrons. The first-order valence-corrected chi connectivity index (χ1v) is 9.01. The van der Waals surface area contributed by atoms with Gasteiger partial charge >= 0.3 is 0 Å². The fourth-order valence-electron chi connectivity index (χ4n) is 2.29. The molecule has 0 atom stereocenters. The van der Waals surface area contributed by atoms with Gasteiger partial charge in [-0.1, -0.05) is 6.07 Å². The van der Waals surface area contributed by atoms with Crippen LogP contribution in [0.25, 0.3) is 10.7 Å². The van der Waals surface area contributed by atoms with E-state index in [9.17, 15) is 4.79 Å². The van der Waals surface area contributed by atoms with E-state index in [2.05, 4.69) is 15.3 Å². The number of carbonyl (C=O) groups is 1. The van der Waals surface area contributed by atoms with Crippen LogP contribution in [0.3, 0.4) is 0 Å². The molecule has 5 nitrogen and oxygen atoms in total. The summed E-state index contributed by atoms with van der Waals surface area (Å²) in [5, 5.41) is 5.75. The maximum Gasteiger partial charge on any atom is 0.224 e. The minimum absolute atomic E-state index is 0.0310. The Morgan fingerprint density at radius 3 is 2.76 bits per heavy atom. The number of nitrogens with one attached hydrogen (secondary N) is 1. The van der Waals surface area contributed by atoms with Gasteiger partial charge in [0.1, 0.15) is 10.8 Å². The zero-order valence-electron chi connectivity index (χ0n) is 13.9. The Bertz CT molecular complexity index is 816. The Hall–Kier alpha value is -2.73. The Morgan fingerprint density at radius 1 is 1.20 bits per heavy atom. The first-order chi connectivity index (χ1) is 12.2. The predicted octanol–water partition coefficient (Wildman–Crippen LogP) is 4.18. The first kappa shape index (κ1) is 17.1. The highest BCUT2D eigenvalue weighted by molar-refractivity contribution is 7.13. The molecule has 2 heterocycles. The van der Waals surface area contributed by atoms with E-state index in [1.807, 2.05) is 54.8 Å². The number of amides is 1. The van der Waals surface area contributed by atoms with Gasteiger partial charge in [-0.3, -0.25) is 9.78 Å². The van der Waals surface area contributed by atoms with Crippen LogP contribution in [0.1, 0.15) is 19.0 Å². The summed E-state index contributed by atoms with van der Waals surface area (Å²) >= 11 is 1.55. The van der Waals surface area contributed by atoms with Gasteiger partial charge in [-0.2, -0.15) is 0 Å². The third-order valence-electron chi connectivity index (χ3n) is 3.49. The van der Waals surface area contributed by atoms with Crippen molar-refractivity contribution in [1.82, 2.24) is 9.97 Å². The molecule has 6 heteroatoms. The third kappa shape index (κ3) is 4.87. The second-order valence-electron chi connectivity index (χ2n) is 5.36. The van der Waals surface area contributed by atoms with Crippen LogP contribution < -0.4 is 10.1 Å². The van der Waals surface area contributed by atoms with E-state index in [0.29, 0.717) is 19.4 Å². The number of benzene rings is 1. The van der Waals surface area contributed by atoms with Crippen LogP contribution in [0.2, 0.25) is 0 Å². The molecule has 0 spiro atoms. The van der Waals surface area contributed by atoms with Crippen LogP contribution >= 0.6 is 11.3 Å². The zero-order chi connectivity index (χ0) is 17.5. The number of nitrogens with zero attached hydrogens (tertiary/aromatic N) is 2. The molecular formula is C19H19N3O2S. The lowest BCUT2D eigenvalue weighted by Crippen LogP contribution is -2.12. The van der Waals surface area contributed by atoms with Crippen molar-refractivity contribution >= 4 is 22.9 Å². The summed E-state index contributed by atoms with van der Waals surface area (Å²) < 4.78 is 5.39. The van der Waals surface area contributed by atoms with Crippen LogP contribution in [0.5, 0.6) is 5.75 Å². The highest BCUT2D eigenvalue weighted by Gasteiger charge is 2.08. The maximum atomic E-state index is 12.1. The molecule has 0 aliphatic rings. The normalized spacial score (nSPS) is 10.4. The second-order valence-corrected chi connectivity index (χ2v) is 6.22. The lowest BCUT2D eigenvalue weighted by molar-refractivity contribution is -0.116. The van der Waals surface area contributed by atoms with E-state index in [1.165, 1.54) is 0 Å². The van der Waals surface area contributed by atoms with Gasteiger partial charge in [0.15, 0.2) is 0 Å². The van der Waals surface area contributed by atoms with Crippen molar-refractivity contribution in [3.63, 3.8) is 0 Å². The van der Waals surface area contributed by atoms with Crippen molar-refractivity contribution in [1.29, 1.82) is 0 Å². The van der Waals surface area contributed by atoms with Crippen LogP contribution in [-0.2, 0) is 11.2 Å².